The van der Waals surface area contributed by atoms with Gasteiger partial charge in [-0.1, -0.05) is 0 Å². The Balaban J connectivity index is 0.000000396. The van der Waals surface area contributed by atoms with Crippen molar-refractivity contribution in [3.63, 3.8) is 0 Å². The highest BCUT2D eigenvalue weighted by Gasteiger charge is 2.43. The fraction of sp³-hybridized carbons (Fsp3) is 0.684. The van der Waals surface area contributed by atoms with Crippen LogP contribution in [0.25, 0.3) is 0 Å². The summed E-state index contributed by atoms with van der Waals surface area (Å²) < 4.78 is 48.7. The largest absolute Gasteiger partial charge is 0.490 e. The second kappa shape index (κ2) is 10.3. The molecule has 2 aliphatic heterocycles. The van der Waals surface area contributed by atoms with E-state index in [0.717, 1.165) is 38.9 Å². The number of amides is 1. The molecule has 11 heteroatoms. The summed E-state index contributed by atoms with van der Waals surface area (Å²) in [5.74, 6) is -2.76. The summed E-state index contributed by atoms with van der Waals surface area (Å²) in [6.45, 7) is 3.72. The third kappa shape index (κ3) is 7.29. The van der Waals surface area contributed by atoms with Gasteiger partial charge >= 0.3 is 12.1 Å². The summed E-state index contributed by atoms with van der Waals surface area (Å²) in [6.07, 6.45) is 1.42. The molecule has 0 saturated carbocycles. The molecule has 1 aromatic heterocycles. The molecule has 3 heterocycles. The Morgan fingerprint density at radius 1 is 1.33 bits per heavy atom. The van der Waals surface area contributed by atoms with E-state index in [1.54, 1.807) is 25.3 Å². The summed E-state index contributed by atoms with van der Waals surface area (Å²) in [7, 11) is 3.49. The van der Waals surface area contributed by atoms with E-state index >= 15 is 0 Å². The Morgan fingerprint density at radius 2 is 1.97 bits per heavy atom. The first kappa shape index (κ1) is 24.2. The monoisotopic (exact) mass is 436 g/mol. The second-order valence-electron chi connectivity index (χ2n) is 7.63. The number of nitrogens with zero attached hydrogens (tertiary/aromatic N) is 2. The second-order valence-corrected chi connectivity index (χ2v) is 7.63. The fourth-order valence-electron chi connectivity index (χ4n) is 3.34. The van der Waals surface area contributed by atoms with E-state index in [4.69, 9.17) is 23.8 Å². The molecule has 1 amide bonds. The standard InChI is InChI=1S/C17H26N2O4.C2HF3O2/c1-18(2)16(20)13-22-15-9-17(23-12-15)4-6-19(7-5-17)10-14-3-8-21-11-14;3-2(4,5)1(6)7/h3,8,11,15H,4-7,9-10,12-13H2,1-2H3;(H,6,7). The highest BCUT2D eigenvalue weighted by Crippen LogP contribution is 2.37. The molecule has 2 saturated heterocycles. The van der Waals surface area contributed by atoms with Gasteiger partial charge in [0.2, 0.25) is 5.91 Å². The van der Waals surface area contributed by atoms with Crippen LogP contribution in [-0.2, 0) is 25.6 Å². The average molecular weight is 436 g/mol. The van der Waals surface area contributed by atoms with Crippen LogP contribution in [0, 0.1) is 0 Å². The van der Waals surface area contributed by atoms with Gasteiger partial charge in [0.05, 0.1) is 30.8 Å². The molecule has 1 unspecified atom stereocenters. The van der Waals surface area contributed by atoms with E-state index in [1.807, 2.05) is 12.3 Å². The minimum Gasteiger partial charge on any atom is -0.475 e. The van der Waals surface area contributed by atoms with E-state index in [9.17, 15) is 18.0 Å². The van der Waals surface area contributed by atoms with E-state index < -0.39 is 12.1 Å². The van der Waals surface area contributed by atoms with Crippen molar-refractivity contribution in [3.8, 4) is 0 Å². The number of hydrogen-bond acceptors (Lipinski definition) is 6. The zero-order chi connectivity index (χ0) is 22.4. The minimum atomic E-state index is -5.08. The number of furan rings is 1. The van der Waals surface area contributed by atoms with Crippen molar-refractivity contribution in [2.75, 3.05) is 40.4 Å². The maximum atomic E-state index is 11.6. The lowest BCUT2D eigenvalue weighted by atomic mass is 9.88. The molecule has 0 aliphatic carbocycles. The number of carboxylic acids is 1. The maximum Gasteiger partial charge on any atom is 0.490 e. The van der Waals surface area contributed by atoms with Gasteiger partial charge in [-0.3, -0.25) is 9.69 Å². The highest BCUT2D eigenvalue weighted by molar-refractivity contribution is 5.76. The van der Waals surface area contributed by atoms with Gasteiger partial charge in [-0.15, -0.1) is 0 Å². The van der Waals surface area contributed by atoms with Crippen LogP contribution in [0.3, 0.4) is 0 Å². The molecule has 1 aromatic rings. The van der Waals surface area contributed by atoms with E-state index in [1.165, 1.54) is 5.56 Å². The fourth-order valence-corrected chi connectivity index (χ4v) is 3.34. The normalized spacial score (nSPS) is 21.2. The Bertz CT molecular complexity index is 685. The zero-order valence-electron chi connectivity index (χ0n) is 17.0. The van der Waals surface area contributed by atoms with Crippen LogP contribution in [0.1, 0.15) is 24.8 Å². The van der Waals surface area contributed by atoms with E-state index in [2.05, 4.69) is 4.90 Å². The summed E-state index contributed by atoms with van der Waals surface area (Å²) in [6, 6.07) is 2.02. The lowest BCUT2D eigenvalue weighted by Gasteiger charge is -2.38. The number of carboxylic acid groups (broad SMARTS) is 1. The lowest BCUT2D eigenvalue weighted by molar-refractivity contribution is -0.192. The quantitative estimate of drug-likeness (QED) is 0.756. The maximum absolute atomic E-state index is 11.6. The molecular formula is C19H27F3N2O6. The van der Waals surface area contributed by atoms with Crippen molar-refractivity contribution in [1.29, 1.82) is 0 Å². The molecule has 30 heavy (non-hydrogen) atoms. The molecule has 2 fully saturated rings. The van der Waals surface area contributed by atoms with Crippen molar-refractivity contribution in [3.05, 3.63) is 24.2 Å². The van der Waals surface area contributed by atoms with Gasteiger partial charge in [0.25, 0.3) is 0 Å². The average Bonchev–Trinajstić information content (AvgIpc) is 3.32. The van der Waals surface area contributed by atoms with Crippen LogP contribution in [0.2, 0.25) is 0 Å². The van der Waals surface area contributed by atoms with Crippen molar-refractivity contribution in [1.82, 2.24) is 9.80 Å². The topological polar surface area (TPSA) is 92.5 Å². The van der Waals surface area contributed by atoms with Gasteiger partial charge in [0.1, 0.15) is 6.61 Å². The molecule has 0 bridgehead atoms. The van der Waals surface area contributed by atoms with Crippen LogP contribution in [0.5, 0.6) is 0 Å². The smallest absolute Gasteiger partial charge is 0.475 e. The van der Waals surface area contributed by atoms with Crippen molar-refractivity contribution >= 4 is 11.9 Å². The van der Waals surface area contributed by atoms with Gasteiger partial charge in [-0.25, -0.2) is 4.79 Å². The van der Waals surface area contributed by atoms with Gasteiger partial charge < -0.3 is 23.9 Å². The zero-order valence-corrected chi connectivity index (χ0v) is 17.0. The predicted molar refractivity (Wildman–Crippen MR) is 98.6 cm³/mol. The number of aliphatic carboxylic acids is 1. The summed E-state index contributed by atoms with van der Waals surface area (Å²) in [5.41, 5.74) is 1.16. The molecular weight excluding hydrogens is 409 g/mol. The number of rotatable bonds is 5. The molecule has 0 radical (unpaired) electrons. The van der Waals surface area contributed by atoms with E-state index in [0.29, 0.717) is 6.61 Å². The number of likely N-dealkylation sites (tertiary alicyclic amines) is 1. The molecule has 3 rings (SSSR count). The third-order valence-corrected chi connectivity index (χ3v) is 5.11. The van der Waals surface area contributed by atoms with Crippen LogP contribution in [0.15, 0.2) is 23.0 Å². The molecule has 8 nitrogen and oxygen atoms in total. The Hall–Kier alpha value is -2.11. The number of ether oxygens (including phenoxy) is 2. The van der Waals surface area contributed by atoms with Crippen LogP contribution in [-0.4, -0.2) is 85.1 Å². The SMILES string of the molecule is CN(C)C(=O)COC1COC2(CCN(Cc3ccoc3)CC2)C1.O=C(O)C(F)(F)F. The molecule has 0 aromatic carbocycles. The van der Waals surface area contributed by atoms with Gasteiger partial charge in [0, 0.05) is 45.7 Å². The number of alkyl halides is 3. The first-order valence-electron chi connectivity index (χ1n) is 9.50. The number of halogens is 3. The van der Waals surface area contributed by atoms with Gasteiger partial charge in [-0.2, -0.15) is 13.2 Å². The third-order valence-electron chi connectivity index (χ3n) is 5.11. The number of piperidine rings is 1. The Kier molecular flexibility index (Phi) is 8.27. The Morgan fingerprint density at radius 3 is 2.47 bits per heavy atom. The van der Waals surface area contributed by atoms with Crippen molar-refractivity contribution < 1.29 is 41.8 Å². The number of carbonyl (C=O) groups is 2. The van der Waals surface area contributed by atoms with Crippen LogP contribution in [0.4, 0.5) is 13.2 Å². The minimum absolute atomic E-state index is 0.000816. The number of carbonyl (C=O) groups excluding carboxylic acids is 1. The highest BCUT2D eigenvalue weighted by atomic mass is 19.4. The van der Waals surface area contributed by atoms with Crippen LogP contribution >= 0.6 is 0 Å². The van der Waals surface area contributed by atoms with E-state index in [-0.39, 0.29) is 24.2 Å². The first-order valence-corrected chi connectivity index (χ1v) is 9.50. The molecule has 1 spiro atoms. The first-order chi connectivity index (χ1) is 14.0. The summed E-state index contributed by atoms with van der Waals surface area (Å²) in [4.78, 5) is 24.5. The molecule has 2 aliphatic rings. The molecule has 1 atom stereocenters. The molecule has 170 valence electrons. The Labute approximate surface area is 172 Å². The lowest BCUT2D eigenvalue weighted by Crippen LogP contribution is -2.44. The van der Waals surface area contributed by atoms with Gasteiger partial charge in [0.15, 0.2) is 0 Å². The van der Waals surface area contributed by atoms with Crippen LogP contribution < -0.4 is 0 Å². The summed E-state index contributed by atoms with van der Waals surface area (Å²) >= 11 is 0. The predicted octanol–water partition coefficient (Wildman–Crippen LogP) is 2.14. The van der Waals surface area contributed by atoms with Crippen molar-refractivity contribution in [2.24, 2.45) is 0 Å². The van der Waals surface area contributed by atoms with Gasteiger partial charge in [-0.05, 0) is 18.9 Å². The molecule has 1 N–H and O–H groups in total. The number of likely N-dealkylation sites (N-methyl/N-ethyl adjacent to an activating group) is 1. The van der Waals surface area contributed by atoms with Crippen molar-refractivity contribution in [2.45, 2.75) is 43.7 Å². The number of hydrogen-bond donors (Lipinski definition) is 1. The summed E-state index contributed by atoms with van der Waals surface area (Å²) in [5, 5.41) is 7.12.